The van der Waals surface area contributed by atoms with E-state index >= 15 is 0 Å². The van der Waals surface area contributed by atoms with Crippen molar-refractivity contribution in [3.05, 3.63) is 35.9 Å². The van der Waals surface area contributed by atoms with Gasteiger partial charge in [0.2, 0.25) is 0 Å². The normalized spacial score (nSPS) is 11.7. The van der Waals surface area contributed by atoms with Crippen molar-refractivity contribution in [3.63, 3.8) is 0 Å². The van der Waals surface area contributed by atoms with E-state index in [1.54, 1.807) is 6.92 Å². The zero-order valence-corrected chi connectivity index (χ0v) is 8.23. The van der Waals surface area contributed by atoms with Crippen molar-refractivity contribution in [2.24, 2.45) is 0 Å². The van der Waals surface area contributed by atoms with E-state index in [4.69, 9.17) is 5.26 Å². The summed E-state index contributed by atoms with van der Waals surface area (Å²) in [7, 11) is 0. The zero-order valence-electron chi connectivity index (χ0n) is 8.23. The highest BCUT2D eigenvalue weighted by atomic mass is 16.1. The molecule has 0 amide bonds. The molecule has 14 heavy (non-hydrogen) atoms. The second-order valence-corrected chi connectivity index (χ2v) is 3.27. The molecular formula is C12H13NO. The summed E-state index contributed by atoms with van der Waals surface area (Å²) >= 11 is 0. The van der Waals surface area contributed by atoms with Crippen molar-refractivity contribution < 1.29 is 4.79 Å². The van der Waals surface area contributed by atoms with Crippen molar-refractivity contribution in [3.8, 4) is 6.07 Å². The van der Waals surface area contributed by atoms with Gasteiger partial charge in [-0.3, -0.25) is 4.79 Å². The first-order valence-corrected chi connectivity index (χ1v) is 4.68. The van der Waals surface area contributed by atoms with Gasteiger partial charge >= 0.3 is 0 Å². The fraction of sp³-hybridized carbons (Fsp3) is 0.333. The number of nitrogens with zero attached hydrogens (tertiary/aromatic N) is 1. The van der Waals surface area contributed by atoms with Gasteiger partial charge in [-0.1, -0.05) is 30.3 Å². The van der Waals surface area contributed by atoms with Crippen LogP contribution < -0.4 is 0 Å². The summed E-state index contributed by atoms with van der Waals surface area (Å²) < 4.78 is 0. The number of nitriles is 1. The standard InChI is InChI=1S/C12H13NO/c1-10(14)12(8-5-9-13)11-6-3-2-4-7-11/h2-4,6-7,12H,5,8H2,1H3. The summed E-state index contributed by atoms with van der Waals surface area (Å²) in [6.45, 7) is 1.58. The Hall–Kier alpha value is -1.62. The van der Waals surface area contributed by atoms with Crippen molar-refractivity contribution in [2.45, 2.75) is 25.7 Å². The van der Waals surface area contributed by atoms with E-state index in [0.29, 0.717) is 12.8 Å². The molecule has 0 spiro atoms. The molecule has 2 nitrogen and oxygen atoms in total. The molecule has 2 heteroatoms. The molecule has 1 atom stereocenters. The number of hydrogen-bond acceptors (Lipinski definition) is 2. The summed E-state index contributed by atoms with van der Waals surface area (Å²) in [5, 5.41) is 8.48. The van der Waals surface area contributed by atoms with E-state index in [2.05, 4.69) is 6.07 Å². The van der Waals surface area contributed by atoms with Crippen LogP contribution in [-0.4, -0.2) is 5.78 Å². The average molecular weight is 187 g/mol. The van der Waals surface area contributed by atoms with Crippen molar-refractivity contribution >= 4 is 5.78 Å². The molecule has 0 aliphatic heterocycles. The Balaban J connectivity index is 2.79. The van der Waals surface area contributed by atoms with Crippen LogP contribution in [0.25, 0.3) is 0 Å². The Kier molecular flexibility index (Phi) is 3.87. The minimum absolute atomic E-state index is 0.115. The fourth-order valence-corrected chi connectivity index (χ4v) is 1.50. The number of rotatable bonds is 4. The van der Waals surface area contributed by atoms with Crippen molar-refractivity contribution in [1.82, 2.24) is 0 Å². The van der Waals surface area contributed by atoms with Crippen molar-refractivity contribution in [1.29, 1.82) is 5.26 Å². The Morgan fingerprint density at radius 3 is 2.57 bits per heavy atom. The van der Waals surface area contributed by atoms with Crippen LogP contribution in [0.2, 0.25) is 0 Å². The molecule has 0 aromatic heterocycles. The van der Waals surface area contributed by atoms with Crippen LogP contribution in [0.1, 0.15) is 31.2 Å². The number of carbonyl (C=O) groups is 1. The summed E-state index contributed by atoms with van der Waals surface area (Å²) in [4.78, 5) is 11.3. The van der Waals surface area contributed by atoms with Gasteiger partial charge in [-0.2, -0.15) is 5.26 Å². The lowest BCUT2D eigenvalue weighted by molar-refractivity contribution is -0.118. The predicted molar refractivity (Wildman–Crippen MR) is 54.7 cm³/mol. The second kappa shape index (κ2) is 5.18. The van der Waals surface area contributed by atoms with Gasteiger partial charge in [-0.15, -0.1) is 0 Å². The molecule has 0 aliphatic carbocycles. The summed E-state index contributed by atoms with van der Waals surface area (Å²) in [5.74, 6) is 0.0160. The number of hydrogen-bond donors (Lipinski definition) is 0. The average Bonchev–Trinajstić information content (AvgIpc) is 2.19. The molecule has 0 bridgehead atoms. The van der Waals surface area contributed by atoms with Crippen LogP contribution in [0.3, 0.4) is 0 Å². The lowest BCUT2D eigenvalue weighted by Crippen LogP contribution is -2.08. The maximum absolute atomic E-state index is 11.3. The van der Waals surface area contributed by atoms with Crippen LogP contribution >= 0.6 is 0 Å². The minimum Gasteiger partial charge on any atom is -0.299 e. The van der Waals surface area contributed by atoms with Crippen LogP contribution in [0.5, 0.6) is 0 Å². The molecule has 1 unspecified atom stereocenters. The van der Waals surface area contributed by atoms with E-state index in [9.17, 15) is 4.79 Å². The number of ketones is 1. The quantitative estimate of drug-likeness (QED) is 0.727. The minimum atomic E-state index is -0.115. The molecular weight excluding hydrogens is 174 g/mol. The maximum atomic E-state index is 11.3. The number of benzene rings is 1. The van der Waals surface area contributed by atoms with E-state index in [0.717, 1.165) is 5.56 Å². The van der Waals surface area contributed by atoms with Gasteiger partial charge < -0.3 is 0 Å². The molecule has 0 saturated heterocycles. The molecule has 0 heterocycles. The highest BCUT2D eigenvalue weighted by Gasteiger charge is 2.15. The van der Waals surface area contributed by atoms with Crippen LogP contribution in [0.15, 0.2) is 30.3 Å². The van der Waals surface area contributed by atoms with Gasteiger partial charge in [0.1, 0.15) is 5.78 Å². The summed E-state index contributed by atoms with van der Waals surface area (Å²) in [6.07, 6.45) is 1.05. The third kappa shape index (κ3) is 2.70. The van der Waals surface area contributed by atoms with E-state index in [1.165, 1.54) is 0 Å². The van der Waals surface area contributed by atoms with Crippen LogP contribution in [0.4, 0.5) is 0 Å². The molecule has 1 aromatic rings. The lowest BCUT2D eigenvalue weighted by atomic mass is 9.91. The first-order valence-electron chi connectivity index (χ1n) is 4.68. The highest BCUT2D eigenvalue weighted by Crippen LogP contribution is 2.21. The second-order valence-electron chi connectivity index (χ2n) is 3.27. The third-order valence-electron chi connectivity index (χ3n) is 2.24. The first kappa shape index (κ1) is 10.5. The largest absolute Gasteiger partial charge is 0.299 e. The molecule has 0 aliphatic rings. The Morgan fingerprint density at radius 1 is 1.43 bits per heavy atom. The molecule has 1 aromatic carbocycles. The molecule has 0 fully saturated rings. The van der Waals surface area contributed by atoms with Crippen LogP contribution in [0, 0.1) is 11.3 Å². The predicted octanol–water partition coefficient (Wildman–Crippen LogP) is 2.66. The SMILES string of the molecule is CC(=O)C(CCC#N)c1ccccc1. The fourth-order valence-electron chi connectivity index (χ4n) is 1.50. The zero-order chi connectivity index (χ0) is 10.4. The van der Waals surface area contributed by atoms with E-state index in [1.807, 2.05) is 30.3 Å². The molecule has 0 saturated carbocycles. The Labute approximate surface area is 84.2 Å². The summed E-state index contributed by atoms with van der Waals surface area (Å²) in [5.41, 5.74) is 1.01. The van der Waals surface area contributed by atoms with Crippen LogP contribution in [-0.2, 0) is 4.79 Å². The lowest BCUT2D eigenvalue weighted by Gasteiger charge is -2.11. The van der Waals surface area contributed by atoms with Gasteiger partial charge in [0.25, 0.3) is 0 Å². The monoisotopic (exact) mass is 187 g/mol. The molecule has 0 N–H and O–H groups in total. The third-order valence-corrected chi connectivity index (χ3v) is 2.24. The Morgan fingerprint density at radius 2 is 2.07 bits per heavy atom. The highest BCUT2D eigenvalue weighted by molar-refractivity contribution is 5.83. The molecule has 0 radical (unpaired) electrons. The van der Waals surface area contributed by atoms with Crippen molar-refractivity contribution in [2.75, 3.05) is 0 Å². The maximum Gasteiger partial charge on any atom is 0.137 e. The van der Waals surface area contributed by atoms with Gasteiger partial charge in [0.05, 0.1) is 6.07 Å². The molecule has 1 rings (SSSR count). The van der Waals surface area contributed by atoms with Gasteiger partial charge in [-0.05, 0) is 18.9 Å². The smallest absolute Gasteiger partial charge is 0.137 e. The molecule has 72 valence electrons. The topological polar surface area (TPSA) is 40.9 Å². The Bertz CT molecular complexity index is 337. The van der Waals surface area contributed by atoms with Gasteiger partial charge in [0.15, 0.2) is 0 Å². The van der Waals surface area contributed by atoms with E-state index in [-0.39, 0.29) is 11.7 Å². The number of Topliss-reactive ketones (excluding diaryl/α,β-unsaturated/α-hetero) is 1. The number of carbonyl (C=O) groups excluding carboxylic acids is 1. The van der Waals surface area contributed by atoms with E-state index < -0.39 is 0 Å². The summed E-state index contributed by atoms with van der Waals surface area (Å²) in [6, 6.07) is 11.7. The van der Waals surface area contributed by atoms with Gasteiger partial charge in [-0.25, -0.2) is 0 Å². The van der Waals surface area contributed by atoms with Gasteiger partial charge in [0, 0.05) is 12.3 Å². The first-order chi connectivity index (χ1) is 6.75.